The largest absolute Gasteiger partial charge is 0.374 e. The smallest absolute Gasteiger partial charge is 0.0393 e. The monoisotopic (exact) mass is 246 g/mol. The van der Waals surface area contributed by atoms with Gasteiger partial charge in [-0.25, -0.2) is 0 Å². The second-order valence-electron chi connectivity index (χ2n) is 5.75. The third-order valence-electron chi connectivity index (χ3n) is 4.51. The van der Waals surface area contributed by atoms with E-state index < -0.39 is 0 Å². The van der Waals surface area contributed by atoms with Crippen LogP contribution in [0.3, 0.4) is 0 Å². The predicted octanol–water partition coefficient (Wildman–Crippen LogP) is 3.21. The van der Waals surface area contributed by atoms with Crippen LogP contribution in [0, 0.1) is 12.3 Å². The molecule has 2 heteroatoms. The normalized spacial score (nSPS) is 18.6. The molecule has 1 aliphatic heterocycles. The molecular formula is C16H26N2. The van der Waals surface area contributed by atoms with Crippen LogP contribution < -0.4 is 10.2 Å². The standard InChI is InChI=1S/C16H26N2/c1-4-16(9-11-17-12-10-16)13-18(3)15-8-6-5-7-14(15)2/h5-8,17H,4,9-13H2,1-3H3. The fourth-order valence-corrected chi connectivity index (χ4v) is 3.16. The highest BCUT2D eigenvalue weighted by atomic mass is 15.1. The van der Waals surface area contributed by atoms with Gasteiger partial charge >= 0.3 is 0 Å². The van der Waals surface area contributed by atoms with E-state index in [0.717, 1.165) is 0 Å². The summed E-state index contributed by atoms with van der Waals surface area (Å²) in [5.74, 6) is 0. The highest BCUT2D eigenvalue weighted by Crippen LogP contribution is 2.34. The molecule has 0 atom stereocenters. The van der Waals surface area contributed by atoms with Crippen molar-refractivity contribution in [1.29, 1.82) is 0 Å². The van der Waals surface area contributed by atoms with Gasteiger partial charge in [0.1, 0.15) is 0 Å². The molecule has 1 fully saturated rings. The van der Waals surface area contributed by atoms with E-state index in [-0.39, 0.29) is 0 Å². The van der Waals surface area contributed by atoms with Crippen LogP contribution in [-0.4, -0.2) is 26.7 Å². The van der Waals surface area contributed by atoms with Gasteiger partial charge in [0.2, 0.25) is 0 Å². The molecule has 0 radical (unpaired) electrons. The maximum absolute atomic E-state index is 3.48. The van der Waals surface area contributed by atoms with Crippen molar-refractivity contribution < 1.29 is 0 Å². The first-order chi connectivity index (χ1) is 8.67. The lowest BCUT2D eigenvalue weighted by Gasteiger charge is -2.40. The van der Waals surface area contributed by atoms with Gasteiger partial charge in [-0.05, 0) is 56.3 Å². The second kappa shape index (κ2) is 5.75. The van der Waals surface area contributed by atoms with Crippen molar-refractivity contribution in [3.8, 4) is 0 Å². The van der Waals surface area contributed by atoms with Crippen molar-refractivity contribution in [3.63, 3.8) is 0 Å². The summed E-state index contributed by atoms with van der Waals surface area (Å²) in [6.07, 6.45) is 3.89. The zero-order chi connectivity index (χ0) is 13.0. The van der Waals surface area contributed by atoms with Crippen molar-refractivity contribution in [2.45, 2.75) is 33.1 Å². The highest BCUT2D eigenvalue weighted by molar-refractivity contribution is 5.52. The molecule has 2 nitrogen and oxygen atoms in total. The van der Waals surface area contributed by atoms with Gasteiger partial charge in [0.15, 0.2) is 0 Å². The van der Waals surface area contributed by atoms with Gasteiger partial charge in [0.25, 0.3) is 0 Å². The number of nitrogens with zero attached hydrogens (tertiary/aromatic N) is 1. The van der Waals surface area contributed by atoms with Crippen molar-refractivity contribution in [2.24, 2.45) is 5.41 Å². The Morgan fingerprint density at radius 2 is 1.89 bits per heavy atom. The van der Waals surface area contributed by atoms with E-state index >= 15 is 0 Å². The van der Waals surface area contributed by atoms with E-state index in [0.29, 0.717) is 5.41 Å². The van der Waals surface area contributed by atoms with Crippen molar-refractivity contribution in [3.05, 3.63) is 29.8 Å². The summed E-state index contributed by atoms with van der Waals surface area (Å²) in [7, 11) is 2.24. The average Bonchev–Trinajstić information content (AvgIpc) is 2.40. The average molecular weight is 246 g/mol. The van der Waals surface area contributed by atoms with Crippen LogP contribution in [0.5, 0.6) is 0 Å². The molecule has 0 spiro atoms. The van der Waals surface area contributed by atoms with E-state index in [1.807, 2.05) is 0 Å². The third kappa shape index (κ3) is 2.86. The summed E-state index contributed by atoms with van der Waals surface area (Å²) < 4.78 is 0. The van der Waals surface area contributed by atoms with Crippen LogP contribution in [0.15, 0.2) is 24.3 Å². The minimum absolute atomic E-state index is 0.502. The van der Waals surface area contributed by atoms with E-state index in [4.69, 9.17) is 0 Å². The van der Waals surface area contributed by atoms with Gasteiger partial charge in [-0.3, -0.25) is 0 Å². The van der Waals surface area contributed by atoms with E-state index in [2.05, 4.69) is 55.4 Å². The topological polar surface area (TPSA) is 15.3 Å². The molecule has 2 rings (SSSR count). The Bertz CT molecular complexity index is 380. The Labute approximate surface area is 111 Å². The van der Waals surface area contributed by atoms with Crippen LogP contribution in [0.4, 0.5) is 5.69 Å². The van der Waals surface area contributed by atoms with Crippen molar-refractivity contribution in [2.75, 3.05) is 31.6 Å². The molecule has 1 aromatic rings. The zero-order valence-electron chi connectivity index (χ0n) is 12.0. The van der Waals surface area contributed by atoms with Gasteiger partial charge in [-0.1, -0.05) is 25.1 Å². The first kappa shape index (κ1) is 13.4. The molecule has 1 aromatic carbocycles. The minimum Gasteiger partial charge on any atom is -0.374 e. The molecule has 1 aliphatic rings. The Morgan fingerprint density at radius 1 is 1.22 bits per heavy atom. The maximum Gasteiger partial charge on any atom is 0.0393 e. The van der Waals surface area contributed by atoms with Crippen LogP contribution in [0.25, 0.3) is 0 Å². The number of hydrogen-bond donors (Lipinski definition) is 1. The Balaban J connectivity index is 2.10. The number of para-hydroxylation sites is 1. The summed E-state index contributed by atoms with van der Waals surface area (Å²) in [5, 5.41) is 3.48. The molecule has 1 N–H and O–H groups in total. The van der Waals surface area contributed by atoms with Crippen LogP contribution in [-0.2, 0) is 0 Å². The predicted molar refractivity (Wildman–Crippen MR) is 79.3 cm³/mol. The number of hydrogen-bond acceptors (Lipinski definition) is 2. The van der Waals surface area contributed by atoms with Gasteiger partial charge < -0.3 is 10.2 Å². The summed E-state index contributed by atoms with van der Waals surface area (Å²) >= 11 is 0. The first-order valence-electron chi connectivity index (χ1n) is 7.14. The van der Waals surface area contributed by atoms with E-state index in [9.17, 15) is 0 Å². The summed E-state index contributed by atoms with van der Waals surface area (Å²) in [5.41, 5.74) is 3.26. The molecule has 18 heavy (non-hydrogen) atoms. The molecule has 0 aliphatic carbocycles. The highest BCUT2D eigenvalue weighted by Gasteiger charge is 2.31. The number of rotatable bonds is 4. The molecular weight excluding hydrogens is 220 g/mol. The molecule has 0 aromatic heterocycles. The molecule has 0 amide bonds. The molecule has 1 saturated heterocycles. The minimum atomic E-state index is 0.502. The lowest BCUT2D eigenvalue weighted by Crippen LogP contribution is -2.43. The Hall–Kier alpha value is -1.02. The fraction of sp³-hybridized carbons (Fsp3) is 0.625. The number of aryl methyl sites for hydroxylation is 1. The van der Waals surface area contributed by atoms with Crippen LogP contribution in [0.1, 0.15) is 31.7 Å². The molecule has 0 saturated carbocycles. The van der Waals surface area contributed by atoms with Gasteiger partial charge in [-0.2, -0.15) is 0 Å². The van der Waals surface area contributed by atoms with Gasteiger partial charge in [-0.15, -0.1) is 0 Å². The first-order valence-corrected chi connectivity index (χ1v) is 7.14. The SMILES string of the molecule is CCC1(CN(C)c2ccccc2C)CCNCC1. The fourth-order valence-electron chi connectivity index (χ4n) is 3.16. The Morgan fingerprint density at radius 3 is 2.50 bits per heavy atom. The lowest BCUT2D eigenvalue weighted by molar-refractivity contribution is 0.200. The third-order valence-corrected chi connectivity index (χ3v) is 4.51. The van der Waals surface area contributed by atoms with Crippen molar-refractivity contribution in [1.82, 2.24) is 5.32 Å². The lowest BCUT2D eigenvalue weighted by atomic mass is 9.76. The summed E-state index contributed by atoms with van der Waals surface area (Å²) in [6, 6.07) is 8.69. The van der Waals surface area contributed by atoms with Crippen molar-refractivity contribution >= 4 is 5.69 Å². The number of benzene rings is 1. The van der Waals surface area contributed by atoms with E-state index in [1.54, 1.807) is 0 Å². The number of anilines is 1. The molecule has 0 unspecified atom stereocenters. The Kier molecular flexibility index (Phi) is 4.28. The molecule has 100 valence electrons. The summed E-state index contributed by atoms with van der Waals surface area (Å²) in [4.78, 5) is 2.45. The zero-order valence-corrected chi connectivity index (χ0v) is 12.0. The molecule has 0 bridgehead atoms. The van der Waals surface area contributed by atoms with Crippen LogP contribution in [0.2, 0.25) is 0 Å². The van der Waals surface area contributed by atoms with Gasteiger partial charge in [0, 0.05) is 19.3 Å². The second-order valence-corrected chi connectivity index (χ2v) is 5.75. The number of piperidine rings is 1. The van der Waals surface area contributed by atoms with E-state index in [1.165, 1.54) is 50.1 Å². The van der Waals surface area contributed by atoms with Crippen LogP contribution >= 0.6 is 0 Å². The molecule has 1 heterocycles. The number of nitrogens with one attached hydrogen (secondary N) is 1. The summed E-state index contributed by atoms with van der Waals surface area (Å²) in [6.45, 7) is 8.07. The van der Waals surface area contributed by atoms with Gasteiger partial charge in [0.05, 0.1) is 0 Å². The quantitative estimate of drug-likeness (QED) is 0.877. The maximum atomic E-state index is 3.48.